The molecule has 3 atom stereocenters. The molecule has 3 rings (SSSR count). The molecule has 1 fully saturated rings. The molecule has 0 bridgehead atoms. The van der Waals surface area contributed by atoms with E-state index in [4.69, 9.17) is 0 Å². The Morgan fingerprint density at radius 2 is 2.15 bits per heavy atom. The summed E-state index contributed by atoms with van der Waals surface area (Å²) in [5, 5.41) is 11.9. The molecule has 0 radical (unpaired) electrons. The summed E-state index contributed by atoms with van der Waals surface area (Å²) in [6, 6.07) is 11.3. The zero-order valence-electron chi connectivity index (χ0n) is 12.2. The fraction of sp³-hybridized carbons (Fsp3) is 0.500. The summed E-state index contributed by atoms with van der Waals surface area (Å²) in [6.45, 7) is 3.17. The van der Waals surface area contributed by atoms with Crippen LogP contribution in [0.2, 0.25) is 0 Å². The number of hydrogen-bond acceptors (Lipinski definition) is 3. The van der Waals surface area contributed by atoms with E-state index >= 15 is 0 Å². The van der Waals surface area contributed by atoms with E-state index in [0.717, 1.165) is 24.6 Å². The van der Waals surface area contributed by atoms with Crippen molar-refractivity contribution in [1.82, 2.24) is 20.3 Å². The summed E-state index contributed by atoms with van der Waals surface area (Å²) in [5.41, 5.74) is 2.55. The first kappa shape index (κ1) is 13.3. The molecule has 1 aliphatic carbocycles. The number of benzene rings is 1. The number of rotatable bonds is 6. The van der Waals surface area contributed by atoms with Crippen LogP contribution in [0.15, 0.2) is 36.5 Å². The second kappa shape index (κ2) is 5.75. The molecule has 1 aromatic carbocycles. The number of nitrogens with zero attached hydrogens (tertiary/aromatic N) is 3. The molecule has 1 N–H and O–H groups in total. The lowest BCUT2D eigenvalue weighted by molar-refractivity contribution is 0.460. The normalized spacial score (nSPS) is 22.7. The maximum Gasteiger partial charge on any atom is 0.0842 e. The highest BCUT2D eigenvalue weighted by molar-refractivity contribution is 5.27. The van der Waals surface area contributed by atoms with Gasteiger partial charge in [-0.3, -0.25) is 4.68 Å². The van der Waals surface area contributed by atoms with Gasteiger partial charge in [0.15, 0.2) is 0 Å². The van der Waals surface area contributed by atoms with Gasteiger partial charge in [-0.2, -0.15) is 0 Å². The highest BCUT2D eigenvalue weighted by Crippen LogP contribution is 2.49. The van der Waals surface area contributed by atoms with Gasteiger partial charge in [-0.1, -0.05) is 42.5 Å². The van der Waals surface area contributed by atoms with Crippen LogP contribution in [0.4, 0.5) is 0 Å². The molecule has 0 saturated heterocycles. The van der Waals surface area contributed by atoms with Gasteiger partial charge in [0, 0.05) is 25.7 Å². The van der Waals surface area contributed by atoms with Gasteiger partial charge in [0.2, 0.25) is 0 Å². The quantitative estimate of drug-likeness (QED) is 0.874. The fourth-order valence-electron chi connectivity index (χ4n) is 3.09. The van der Waals surface area contributed by atoms with Crippen LogP contribution in [0.1, 0.15) is 30.5 Å². The average molecular weight is 270 g/mol. The monoisotopic (exact) mass is 270 g/mol. The van der Waals surface area contributed by atoms with Crippen molar-refractivity contribution in [2.75, 3.05) is 6.54 Å². The maximum absolute atomic E-state index is 4.22. The Kier molecular flexibility index (Phi) is 3.83. The minimum atomic E-state index is 0.502. The van der Waals surface area contributed by atoms with E-state index in [-0.39, 0.29) is 0 Å². The first-order valence-corrected chi connectivity index (χ1v) is 7.41. The molecule has 3 unspecified atom stereocenters. The van der Waals surface area contributed by atoms with Crippen molar-refractivity contribution in [2.24, 2.45) is 13.0 Å². The van der Waals surface area contributed by atoms with Crippen LogP contribution < -0.4 is 5.32 Å². The van der Waals surface area contributed by atoms with Gasteiger partial charge in [0.25, 0.3) is 0 Å². The Labute approximate surface area is 120 Å². The van der Waals surface area contributed by atoms with E-state index in [1.807, 2.05) is 13.2 Å². The smallest absolute Gasteiger partial charge is 0.0842 e. The molecule has 2 aromatic rings. The van der Waals surface area contributed by atoms with Gasteiger partial charge in [0.1, 0.15) is 0 Å². The number of nitrogens with one attached hydrogen (secondary N) is 1. The van der Waals surface area contributed by atoms with Crippen LogP contribution in [0.25, 0.3) is 0 Å². The molecule has 1 heterocycles. The maximum atomic E-state index is 4.22. The first-order chi connectivity index (χ1) is 9.78. The summed E-state index contributed by atoms with van der Waals surface area (Å²) in [7, 11) is 1.92. The Balaban J connectivity index is 1.66. The van der Waals surface area contributed by atoms with Crippen LogP contribution in [0, 0.1) is 5.92 Å². The topological polar surface area (TPSA) is 42.7 Å². The number of aryl methyl sites for hydroxylation is 1. The minimum absolute atomic E-state index is 0.502. The number of hydrogen-bond donors (Lipinski definition) is 1. The lowest BCUT2D eigenvalue weighted by Crippen LogP contribution is -2.33. The van der Waals surface area contributed by atoms with Gasteiger partial charge in [0.05, 0.1) is 5.69 Å². The molecule has 0 aliphatic heterocycles. The second-order valence-corrected chi connectivity index (χ2v) is 5.67. The van der Waals surface area contributed by atoms with Crippen molar-refractivity contribution in [3.8, 4) is 0 Å². The summed E-state index contributed by atoms with van der Waals surface area (Å²) < 4.78 is 1.78. The Bertz CT molecular complexity index is 549. The van der Waals surface area contributed by atoms with Crippen LogP contribution in [0.3, 0.4) is 0 Å². The van der Waals surface area contributed by atoms with Crippen molar-refractivity contribution < 1.29 is 0 Å². The highest BCUT2D eigenvalue weighted by atomic mass is 15.4. The fourth-order valence-corrected chi connectivity index (χ4v) is 3.09. The van der Waals surface area contributed by atoms with Crippen LogP contribution in [-0.2, 0) is 13.5 Å². The summed E-state index contributed by atoms with van der Waals surface area (Å²) in [4.78, 5) is 0. The van der Waals surface area contributed by atoms with Crippen molar-refractivity contribution in [1.29, 1.82) is 0 Å². The molecule has 0 spiro atoms. The molecule has 4 nitrogen and oxygen atoms in total. The SMILES string of the molecule is CCNC(Cc1cn(C)nn1)C1CC1c1ccccc1. The predicted molar refractivity (Wildman–Crippen MR) is 79.5 cm³/mol. The Morgan fingerprint density at radius 1 is 1.35 bits per heavy atom. The zero-order chi connectivity index (χ0) is 13.9. The molecule has 0 amide bonds. The second-order valence-electron chi connectivity index (χ2n) is 5.67. The average Bonchev–Trinajstić information content (AvgIpc) is 3.16. The summed E-state index contributed by atoms with van der Waals surface area (Å²) >= 11 is 0. The molecule has 20 heavy (non-hydrogen) atoms. The Morgan fingerprint density at radius 3 is 2.80 bits per heavy atom. The van der Waals surface area contributed by atoms with Gasteiger partial charge >= 0.3 is 0 Å². The summed E-state index contributed by atoms with van der Waals surface area (Å²) in [6.07, 6.45) is 4.27. The molecular formula is C16H22N4. The van der Waals surface area contributed by atoms with Crippen LogP contribution in [0.5, 0.6) is 0 Å². The molecule has 106 valence electrons. The van der Waals surface area contributed by atoms with Crippen molar-refractivity contribution in [2.45, 2.75) is 31.7 Å². The van der Waals surface area contributed by atoms with E-state index in [1.165, 1.54) is 12.0 Å². The molecule has 4 heteroatoms. The molecule has 1 saturated carbocycles. The van der Waals surface area contributed by atoms with Crippen molar-refractivity contribution in [3.05, 3.63) is 47.8 Å². The number of likely N-dealkylation sites (N-methyl/N-ethyl adjacent to an activating group) is 1. The van der Waals surface area contributed by atoms with Crippen LogP contribution >= 0.6 is 0 Å². The third kappa shape index (κ3) is 2.90. The standard InChI is InChI=1S/C16H22N4/c1-3-17-16(9-13-11-20(2)19-18-13)15-10-14(15)12-7-5-4-6-8-12/h4-8,11,14-17H,3,9-10H2,1-2H3. The molecule has 1 aromatic heterocycles. The van der Waals surface area contributed by atoms with E-state index in [9.17, 15) is 0 Å². The first-order valence-electron chi connectivity index (χ1n) is 7.41. The van der Waals surface area contributed by atoms with Crippen molar-refractivity contribution in [3.63, 3.8) is 0 Å². The van der Waals surface area contributed by atoms with E-state index in [2.05, 4.69) is 52.9 Å². The van der Waals surface area contributed by atoms with E-state index < -0.39 is 0 Å². The lowest BCUT2D eigenvalue weighted by atomic mass is 10.0. The molecular weight excluding hydrogens is 248 g/mol. The van der Waals surface area contributed by atoms with Gasteiger partial charge in [-0.25, -0.2) is 0 Å². The zero-order valence-corrected chi connectivity index (χ0v) is 12.2. The highest BCUT2D eigenvalue weighted by Gasteiger charge is 2.43. The van der Waals surface area contributed by atoms with Gasteiger partial charge in [-0.05, 0) is 30.4 Å². The largest absolute Gasteiger partial charge is 0.314 e. The third-order valence-corrected chi connectivity index (χ3v) is 4.13. The van der Waals surface area contributed by atoms with Crippen LogP contribution in [-0.4, -0.2) is 27.6 Å². The molecule has 1 aliphatic rings. The predicted octanol–water partition coefficient (Wildman–Crippen LogP) is 2.14. The van der Waals surface area contributed by atoms with Gasteiger partial charge < -0.3 is 5.32 Å². The third-order valence-electron chi connectivity index (χ3n) is 4.13. The number of aromatic nitrogens is 3. The Hall–Kier alpha value is -1.68. The minimum Gasteiger partial charge on any atom is -0.314 e. The summed E-state index contributed by atoms with van der Waals surface area (Å²) in [5.74, 6) is 1.43. The van der Waals surface area contributed by atoms with E-state index in [1.54, 1.807) is 4.68 Å². The van der Waals surface area contributed by atoms with Crippen molar-refractivity contribution >= 4 is 0 Å². The lowest BCUT2D eigenvalue weighted by Gasteiger charge is -2.16. The van der Waals surface area contributed by atoms with Gasteiger partial charge in [-0.15, -0.1) is 5.10 Å². The van der Waals surface area contributed by atoms with E-state index in [0.29, 0.717) is 12.0 Å².